The highest BCUT2D eigenvalue weighted by atomic mass is 19.1. The van der Waals surface area contributed by atoms with Gasteiger partial charge in [-0.25, -0.2) is 4.39 Å². The highest BCUT2D eigenvalue weighted by molar-refractivity contribution is 6.05. The second-order valence-electron chi connectivity index (χ2n) is 6.93. The largest absolute Gasteiger partial charge is 0.497 e. The molecule has 2 heterocycles. The number of nitrogens with zero attached hydrogens (tertiary/aromatic N) is 1. The van der Waals surface area contributed by atoms with E-state index in [9.17, 15) is 18.8 Å². The van der Waals surface area contributed by atoms with Gasteiger partial charge in [0, 0.05) is 29.2 Å². The number of hydrogen-bond acceptors (Lipinski definition) is 5. The van der Waals surface area contributed by atoms with Crippen LogP contribution >= 0.6 is 0 Å². The molecule has 4 rings (SSSR count). The number of nitrogens with one attached hydrogen (secondary N) is 1. The summed E-state index contributed by atoms with van der Waals surface area (Å²) in [5, 5.41) is 2.28. The third kappa shape index (κ3) is 3.53. The van der Waals surface area contributed by atoms with Crippen LogP contribution in [0.4, 0.5) is 4.39 Å². The van der Waals surface area contributed by atoms with E-state index < -0.39 is 17.8 Å². The van der Waals surface area contributed by atoms with Gasteiger partial charge in [0.2, 0.25) is 11.8 Å². The van der Waals surface area contributed by atoms with Crippen LogP contribution < -0.4 is 14.8 Å². The summed E-state index contributed by atoms with van der Waals surface area (Å²) >= 11 is 0. The van der Waals surface area contributed by atoms with E-state index >= 15 is 0 Å². The molecule has 2 aliphatic heterocycles. The first-order valence-corrected chi connectivity index (χ1v) is 9.19. The van der Waals surface area contributed by atoms with Gasteiger partial charge in [0.25, 0.3) is 5.91 Å². The van der Waals surface area contributed by atoms with Gasteiger partial charge in [0.1, 0.15) is 30.0 Å². The van der Waals surface area contributed by atoms with Crippen molar-refractivity contribution in [3.8, 4) is 11.5 Å². The lowest BCUT2D eigenvalue weighted by molar-refractivity contribution is -0.136. The number of methoxy groups -OCH3 is 1. The van der Waals surface area contributed by atoms with Crippen molar-refractivity contribution < 1.29 is 28.2 Å². The van der Waals surface area contributed by atoms with Crippen LogP contribution in [-0.4, -0.2) is 35.8 Å². The number of amides is 3. The number of carbonyl (C=O) groups excluding carboxylic acids is 3. The monoisotopic (exact) mass is 398 g/mol. The lowest BCUT2D eigenvalue weighted by Crippen LogP contribution is -2.52. The van der Waals surface area contributed by atoms with E-state index in [2.05, 4.69) is 5.32 Å². The molecule has 0 aromatic heterocycles. The maximum absolute atomic E-state index is 14.2. The second kappa shape index (κ2) is 7.54. The standard InChI is InChI=1S/C21H19FN2O5/c1-28-13-6-5-12(16(22)9-13)11-29-18-4-2-3-14-15(18)10-24(21(14)27)17-7-8-19(25)23-20(17)26/h2-6,9,17H,7-8,10-11H2,1H3,(H,23,25,26)/t17-/m1/s1. The molecule has 1 fully saturated rings. The van der Waals surface area contributed by atoms with E-state index in [1.54, 1.807) is 30.3 Å². The highest BCUT2D eigenvalue weighted by Crippen LogP contribution is 2.34. The van der Waals surface area contributed by atoms with Crippen molar-refractivity contribution in [1.29, 1.82) is 0 Å². The molecule has 1 atom stereocenters. The Morgan fingerprint density at radius 1 is 1.21 bits per heavy atom. The van der Waals surface area contributed by atoms with Crippen LogP contribution in [0.2, 0.25) is 0 Å². The molecule has 2 aromatic rings. The average molecular weight is 398 g/mol. The first-order valence-electron chi connectivity index (χ1n) is 9.19. The van der Waals surface area contributed by atoms with Crippen molar-refractivity contribution in [3.63, 3.8) is 0 Å². The minimum atomic E-state index is -0.695. The van der Waals surface area contributed by atoms with Gasteiger partial charge in [-0.15, -0.1) is 0 Å². The second-order valence-corrected chi connectivity index (χ2v) is 6.93. The average Bonchev–Trinajstić information content (AvgIpc) is 3.04. The van der Waals surface area contributed by atoms with Crippen LogP contribution in [-0.2, 0) is 22.7 Å². The molecule has 0 bridgehead atoms. The molecule has 0 spiro atoms. The van der Waals surface area contributed by atoms with Crippen LogP contribution in [0, 0.1) is 5.82 Å². The number of fused-ring (bicyclic) bond motifs is 1. The first kappa shape index (κ1) is 18.9. The summed E-state index contributed by atoms with van der Waals surface area (Å²) in [7, 11) is 1.46. The molecule has 0 radical (unpaired) electrons. The zero-order valence-corrected chi connectivity index (χ0v) is 15.7. The summed E-state index contributed by atoms with van der Waals surface area (Å²) < 4.78 is 25.0. The molecule has 150 valence electrons. The number of benzene rings is 2. The quantitative estimate of drug-likeness (QED) is 0.781. The lowest BCUT2D eigenvalue weighted by atomic mass is 10.0. The molecule has 0 unspecified atom stereocenters. The summed E-state index contributed by atoms with van der Waals surface area (Å²) in [5.74, 6) is -0.655. The van der Waals surface area contributed by atoms with Crippen molar-refractivity contribution >= 4 is 17.7 Å². The number of carbonyl (C=O) groups is 3. The highest BCUT2D eigenvalue weighted by Gasteiger charge is 2.40. The van der Waals surface area contributed by atoms with Crippen molar-refractivity contribution in [2.24, 2.45) is 0 Å². The molecule has 2 aliphatic rings. The van der Waals surface area contributed by atoms with E-state index in [1.165, 1.54) is 18.1 Å². The van der Waals surface area contributed by atoms with Gasteiger partial charge in [0.15, 0.2) is 0 Å². The molecule has 0 aliphatic carbocycles. The third-order valence-corrected chi connectivity index (χ3v) is 5.18. The van der Waals surface area contributed by atoms with E-state index in [0.717, 1.165) is 0 Å². The van der Waals surface area contributed by atoms with Crippen LogP contribution in [0.15, 0.2) is 36.4 Å². The number of imide groups is 1. The summed E-state index contributed by atoms with van der Waals surface area (Å²) in [6, 6.07) is 8.88. The molecule has 1 N–H and O–H groups in total. The Balaban J connectivity index is 1.53. The van der Waals surface area contributed by atoms with Gasteiger partial charge in [-0.2, -0.15) is 0 Å². The minimum Gasteiger partial charge on any atom is -0.497 e. The van der Waals surface area contributed by atoms with Gasteiger partial charge < -0.3 is 14.4 Å². The molecular weight excluding hydrogens is 379 g/mol. The Labute approximate surface area is 166 Å². The van der Waals surface area contributed by atoms with E-state index in [1.807, 2.05) is 0 Å². The Bertz CT molecular complexity index is 1010. The molecule has 8 heteroatoms. The van der Waals surface area contributed by atoms with Crippen LogP contribution in [0.3, 0.4) is 0 Å². The number of hydrogen-bond donors (Lipinski definition) is 1. The van der Waals surface area contributed by atoms with Gasteiger partial charge in [-0.1, -0.05) is 6.07 Å². The van der Waals surface area contributed by atoms with Crippen molar-refractivity contribution in [2.45, 2.75) is 32.0 Å². The predicted molar refractivity (Wildman–Crippen MR) is 99.8 cm³/mol. The van der Waals surface area contributed by atoms with E-state index in [4.69, 9.17) is 9.47 Å². The summed E-state index contributed by atoms with van der Waals surface area (Å²) in [6.45, 7) is 0.181. The van der Waals surface area contributed by atoms with Crippen LogP contribution in [0.25, 0.3) is 0 Å². The fourth-order valence-electron chi connectivity index (χ4n) is 3.62. The fraction of sp³-hybridized carbons (Fsp3) is 0.286. The molecule has 29 heavy (non-hydrogen) atoms. The minimum absolute atomic E-state index is 0.0150. The van der Waals surface area contributed by atoms with Gasteiger partial charge in [-0.3, -0.25) is 19.7 Å². The van der Waals surface area contributed by atoms with Crippen molar-refractivity contribution in [1.82, 2.24) is 10.2 Å². The molecule has 1 saturated heterocycles. The number of piperidine rings is 1. The Kier molecular flexibility index (Phi) is 4.92. The van der Waals surface area contributed by atoms with E-state index in [-0.39, 0.29) is 37.8 Å². The maximum atomic E-state index is 14.2. The Morgan fingerprint density at radius 2 is 2.03 bits per heavy atom. The lowest BCUT2D eigenvalue weighted by Gasteiger charge is -2.29. The van der Waals surface area contributed by atoms with Crippen LogP contribution in [0.5, 0.6) is 11.5 Å². The molecule has 7 nitrogen and oxygen atoms in total. The molecular formula is C21H19FN2O5. The summed E-state index contributed by atoms with van der Waals surface area (Å²) in [4.78, 5) is 37.8. The molecule has 2 aromatic carbocycles. The Morgan fingerprint density at radius 3 is 2.76 bits per heavy atom. The molecule has 0 saturated carbocycles. The van der Waals surface area contributed by atoms with Crippen LogP contribution in [0.1, 0.15) is 34.3 Å². The normalized spacial score (nSPS) is 18.5. The first-order chi connectivity index (χ1) is 14.0. The van der Waals surface area contributed by atoms with Gasteiger partial charge >= 0.3 is 0 Å². The number of halogens is 1. The van der Waals surface area contributed by atoms with E-state index in [0.29, 0.717) is 28.2 Å². The van der Waals surface area contributed by atoms with Gasteiger partial charge in [0.05, 0.1) is 13.7 Å². The fourth-order valence-corrected chi connectivity index (χ4v) is 3.62. The zero-order valence-electron chi connectivity index (χ0n) is 15.7. The third-order valence-electron chi connectivity index (χ3n) is 5.18. The predicted octanol–water partition coefficient (Wildman–Crippen LogP) is 2.17. The molecule has 3 amide bonds. The topological polar surface area (TPSA) is 84.9 Å². The smallest absolute Gasteiger partial charge is 0.255 e. The van der Waals surface area contributed by atoms with Crippen molar-refractivity contribution in [3.05, 3.63) is 58.9 Å². The summed E-state index contributed by atoms with van der Waals surface area (Å²) in [5.41, 5.74) is 1.45. The number of rotatable bonds is 5. The van der Waals surface area contributed by atoms with Crippen molar-refractivity contribution in [2.75, 3.05) is 7.11 Å². The number of ether oxygens (including phenoxy) is 2. The summed E-state index contributed by atoms with van der Waals surface area (Å²) in [6.07, 6.45) is 0.480. The maximum Gasteiger partial charge on any atom is 0.255 e. The van der Waals surface area contributed by atoms with Gasteiger partial charge in [-0.05, 0) is 30.7 Å². The zero-order chi connectivity index (χ0) is 20.5. The SMILES string of the molecule is COc1ccc(COc2cccc3c2CN([C@@H]2CCC(=O)NC2=O)C3=O)c(F)c1. The Hall–Kier alpha value is -3.42.